The number of nitrogens with one attached hydrogen (secondary N) is 1. The van der Waals surface area contributed by atoms with E-state index in [-0.39, 0.29) is 18.7 Å². The molecule has 0 aliphatic heterocycles. The van der Waals surface area contributed by atoms with Crippen LogP contribution in [0.25, 0.3) is 0 Å². The highest BCUT2D eigenvalue weighted by atomic mass is 19.1. The second-order valence-electron chi connectivity index (χ2n) is 4.19. The van der Waals surface area contributed by atoms with Gasteiger partial charge in [-0.1, -0.05) is 11.8 Å². The van der Waals surface area contributed by atoms with Crippen LogP contribution in [0.2, 0.25) is 0 Å². The third-order valence-electron chi connectivity index (χ3n) is 2.74. The van der Waals surface area contributed by atoms with Crippen LogP contribution >= 0.6 is 0 Å². The second-order valence-corrected chi connectivity index (χ2v) is 4.19. The summed E-state index contributed by atoms with van der Waals surface area (Å²) >= 11 is 0. The van der Waals surface area contributed by atoms with E-state index in [9.17, 15) is 9.18 Å². The van der Waals surface area contributed by atoms with Crippen LogP contribution in [0, 0.1) is 17.7 Å². The zero-order valence-corrected chi connectivity index (χ0v) is 11.3. The molecule has 1 amide bonds. The number of hydrogen-bond acceptors (Lipinski definition) is 4. The van der Waals surface area contributed by atoms with Gasteiger partial charge < -0.3 is 15.0 Å². The molecule has 1 aromatic heterocycles. The molecule has 0 aliphatic rings. The molecule has 0 spiro atoms. The first-order valence-corrected chi connectivity index (χ1v) is 6.12. The predicted molar refractivity (Wildman–Crippen MR) is 72.5 cm³/mol. The SMILES string of the molecule is Cn1cnnc1CNC(=O)c1cc(F)ccc1C#CCO. The Morgan fingerprint density at radius 2 is 2.33 bits per heavy atom. The number of aliphatic hydroxyl groups is 1. The molecular weight excluding hydrogens is 275 g/mol. The van der Waals surface area contributed by atoms with Gasteiger partial charge in [0.2, 0.25) is 0 Å². The smallest absolute Gasteiger partial charge is 0.253 e. The fraction of sp³-hybridized carbons (Fsp3) is 0.214. The highest BCUT2D eigenvalue weighted by Crippen LogP contribution is 2.10. The molecule has 1 aromatic carbocycles. The van der Waals surface area contributed by atoms with Crippen LogP contribution in [0.1, 0.15) is 21.7 Å². The number of nitrogens with zero attached hydrogens (tertiary/aromatic N) is 3. The van der Waals surface area contributed by atoms with Gasteiger partial charge in [0.15, 0.2) is 5.82 Å². The monoisotopic (exact) mass is 288 g/mol. The van der Waals surface area contributed by atoms with E-state index in [1.807, 2.05) is 0 Å². The van der Waals surface area contributed by atoms with Crippen LogP contribution in [0.15, 0.2) is 24.5 Å². The minimum absolute atomic E-state index is 0.109. The van der Waals surface area contributed by atoms with Crippen LogP contribution in [-0.2, 0) is 13.6 Å². The molecule has 21 heavy (non-hydrogen) atoms. The molecule has 0 unspecified atom stereocenters. The maximum absolute atomic E-state index is 13.3. The first-order chi connectivity index (χ1) is 10.1. The lowest BCUT2D eigenvalue weighted by atomic mass is 10.1. The molecule has 2 N–H and O–H groups in total. The molecule has 0 atom stereocenters. The molecule has 0 fully saturated rings. The Bertz CT molecular complexity index is 715. The van der Waals surface area contributed by atoms with Gasteiger partial charge in [0.1, 0.15) is 18.8 Å². The third-order valence-corrected chi connectivity index (χ3v) is 2.74. The number of hydrogen-bond donors (Lipinski definition) is 2. The highest BCUT2D eigenvalue weighted by Gasteiger charge is 2.12. The number of aryl methyl sites for hydroxylation is 1. The molecule has 0 radical (unpaired) electrons. The molecule has 2 aromatic rings. The largest absolute Gasteiger partial charge is 0.384 e. The zero-order chi connectivity index (χ0) is 15.2. The Morgan fingerprint density at radius 3 is 3.00 bits per heavy atom. The van der Waals surface area contributed by atoms with Gasteiger partial charge in [0.25, 0.3) is 5.91 Å². The van der Waals surface area contributed by atoms with E-state index in [0.29, 0.717) is 11.4 Å². The standard InChI is InChI=1S/C14H13FN4O2/c1-19-9-17-18-13(19)8-16-14(21)12-7-11(15)5-4-10(12)3-2-6-20/h4-5,7,9,20H,6,8H2,1H3,(H,16,21). The first-order valence-electron chi connectivity index (χ1n) is 6.12. The summed E-state index contributed by atoms with van der Waals surface area (Å²) < 4.78 is 15.0. The first kappa shape index (κ1) is 14.7. The van der Waals surface area contributed by atoms with Crippen molar-refractivity contribution in [1.82, 2.24) is 20.1 Å². The van der Waals surface area contributed by atoms with Crippen LogP contribution in [0.4, 0.5) is 4.39 Å². The van der Waals surface area contributed by atoms with Gasteiger partial charge in [0.05, 0.1) is 12.1 Å². The number of aliphatic hydroxyl groups excluding tert-OH is 1. The zero-order valence-electron chi connectivity index (χ0n) is 11.3. The number of rotatable bonds is 3. The molecule has 0 saturated carbocycles. The van der Waals surface area contributed by atoms with Crippen molar-refractivity contribution in [2.75, 3.05) is 6.61 Å². The molecule has 6 nitrogen and oxygen atoms in total. The van der Waals surface area contributed by atoms with Gasteiger partial charge in [-0.2, -0.15) is 0 Å². The van der Waals surface area contributed by atoms with E-state index in [0.717, 1.165) is 6.07 Å². The topological polar surface area (TPSA) is 80.0 Å². The van der Waals surface area contributed by atoms with E-state index in [1.165, 1.54) is 18.5 Å². The molecule has 7 heteroatoms. The van der Waals surface area contributed by atoms with E-state index < -0.39 is 11.7 Å². The number of halogens is 1. The Balaban J connectivity index is 2.18. The summed E-state index contributed by atoms with van der Waals surface area (Å²) in [5.41, 5.74) is 0.457. The van der Waals surface area contributed by atoms with Gasteiger partial charge in [0, 0.05) is 12.6 Å². The average Bonchev–Trinajstić information content (AvgIpc) is 2.88. The van der Waals surface area contributed by atoms with Crippen molar-refractivity contribution in [3.8, 4) is 11.8 Å². The molecule has 0 aliphatic carbocycles. The molecule has 2 rings (SSSR count). The van der Waals surface area contributed by atoms with Crippen molar-refractivity contribution in [3.63, 3.8) is 0 Å². The van der Waals surface area contributed by atoms with Crippen LogP contribution < -0.4 is 5.32 Å². The van der Waals surface area contributed by atoms with E-state index >= 15 is 0 Å². The number of aromatic nitrogens is 3. The molecule has 108 valence electrons. The number of carbonyl (C=O) groups is 1. The number of benzene rings is 1. The van der Waals surface area contributed by atoms with Crippen molar-refractivity contribution in [2.45, 2.75) is 6.54 Å². The summed E-state index contributed by atoms with van der Waals surface area (Å²) in [6.07, 6.45) is 1.52. The van der Waals surface area contributed by atoms with Gasteiger partial charge in [-0.25, -0.2) is 4.39 Å². The Morgan fingerprint density at radius 1 is 1.52 bits per heavy atom. The fourth-order valence-corrected chi connectivity index (χ4v) is 1.67. The van der Waals surface area contributed by atoms with Gasteiger partial charge in [-0.05, 0) is 18.2 Å². The van der Waals surface area contributed by atoms with Gasteiger partial charge >= 0.3 is 0 Å². The lowest BCUT2D eigenvalue weighted by Gasteiger charge is -2.07. The van der Waals surface area contributed by atoms with Crippen LogP contribution in [-0.4, -0.2) is 32.4 Å². The predicted octanol–water partition coefficient (Wildman–Crippen LogP) is 0.228. The van der Waals surface area contributed by atoms with Crippen molar-refractivity contribution < 1.29 is 14.3 Å². The average molecular weight is 288 g/mol. The minimum Gasteiger partial charge on any atom is -0.384 e. The summed E-state index contributed by atoms with van der Waals surface area (Å²) in [7, 11) is 1.75. The van der Waals surface area contributed by atoms with Crippen molar-refractivity contribution in [3.05, 3.63) is 47.3 Å². The molecular formula is C14H13FN4O2. The van der Waals surface area contributed by atoms with Crippen molar-refractivity contribution in [1.29, 1.82) is 0 Å². The number of carbonyl (C=O) groups excluding carboxylic acids is 1. The fourth-order valence-electron chi connectivity index (χ4n) is 1.67. The van der Waals surface area contributed by atoms with Crippen molar-refractivity contribution in [2.24, 2.45) is 7.05 Å². The molecule has 0 bridgehead atoms. The Hall–Kier alpha value is -2.72. The summed E-state index contributed by atoms with van der Waals surface area (Å²) in [5, 5.41) is 18.9. The maximum Gasteiger partial charge on any atom is 0.253 e. The maximum atomic E-state index is 13.3. The summed E-state index contributed by atoms with van der Waals surface area (Å²) in [6.45, 7) is -0.171. The van der Waals surface area contributed by atoms with Gasteiger partial charge in [-0.3, -0.25) is 4.79 Å². The second kappa shape index (κ2) is 6.63. The lowest BCUT2D eigenvalue weighted by Crippen LogP contribution is -2.25. The highest BCUT2D eigenvalue weighted by molar-refractivity contribution is 5.96. The van der Waals surface area contributed by atoms with E-state index in [2.05, 4.69) is 27.4 Å². The van der Waals surface area contributed by atoms with Crippen molar-refractivity contribution >= 4 is 5.91 Å². The quantitative estimate of drug-likeness (QED) is 0.792. The number of amides is 1. The minimum atomic E-state index is -0.534. The molecule has 1 heterocycles. The van der Waals surface area contributed by atoms with Crippen LogP contribution in [0.5, 0.6) is 0 Å². The lowest BCUT2D eigenvalue weighted by molar-refractivity contribution is 0.0949. The summed E-state index contributed by atoms with van der Waals surface area (Å²) in [4.78, 5) is 12.1. The Kier molecular flexibility index (Phi) is 4.64. The Labute approximate surface area is 120 Å². The normalized spacial score (nSPS) is 9.86. The third kappa shape index (κ3) is 3.64. The summed E-state index contributed by atoms with van der Waals surface area (Å²) in [6, 6.07) is 3.71. The van der Waals surface area contributed by atoms with Crippen LogP contribution in [0.3, 0.4) is 0 Å². The van der Waals surface area contributed by atoms with Gasteiger partial charge in [-0.15, -0.1) is 10.2 Å². The van der Waals surface area contributed by atoms with E-state index in [1.54, 1.807) is 11.6 Å². The molecule has 0 saturated heterocycles. The van der Waals surface area contributed by atoms with E-state index in [4.69, 9.17) is 5.11 Å². The summed E-state index contributed by atoms with van der Waals surface area (Å²) in [5.74, 6) is 4.62.